The molecule has 26 heavy (non-hydrogen) atoms. The Kier molecular flexibility index (Phi) is 7.82. The van der Waals surface area contributed by atoms with Crippen molar-refractivity contribution in [3.63, 3.8) is 0 Å². The van der Waals surface area contributed by atoms with Crippen molar-refractivity contribution < 1.29 is 14.3 Å². The van der Waals surface area contributed by atoms with Gasteiger partial charge in [0.2, 0.25) is 0 Å². The van der Waals surface area contributed by atoms with Gasteiger partial charge in [-0.3, -0.25) is 9.59 Å². The van der Waals surface area contributed by atoms with Gasteiger partial charge >= 0.3 is 5.97 Å². The normalized spacial score (nSPS) is 11.0. The van der Waals surface area contributed by atoms with Crippen LogP contribution in [-0.2, 0) is 16.0 Å². The molecular formula is C20H24ClNO3S. The molecule has 0 aliphatic carbocycles. The fourth-order valence-electron chi connectivity index (χ4n) is 2.59. The Balaban J connectivity index is 2.26. The van der Waals surface area contributed by atoms with Crippen LogP contribution in [-0.4, -0.2) is 43.9 Å². The topological polar surface area (TPSA) is 46.6 Å². The van der Waals surface area contributed by atoms with Crippen LogP contribution in [0.25, 0.3) is 10.4 Å². The van der Waals surface area contributed by atoms with Gasteiger partial charge in [0, 0.05) is 16.3 Å². The Bertz CT molecular complexity index is 753. The maximum atomic E-state index is 12.5. The maximum absolute atomic E-state index is 12.5. The lowest BCUT2D eigenvalue weighted by Crippen LogP contribution is -2.14. The lowest BCUT2D eigenvalue weighted by Gasteiger charge is -2.07. The standard InChI is InChI=1S/C20H24ClNO3S/c1-4-25-19(24)13-15-12-18(17(23)6-5-11-22(2)3)26-20(15)14-7-9-16(21)10-8-14/h7-10,12H,4-6,11,13H2,1-3H3. The van der Waals surface area contributed by atoms with Crippen LogP contribution >= 0.6 is 22.9 Å². The first-order valence-electron chi connectivity index (χ1n) is 8.63. The number of carbonyl (C=O) groups excluding carboxylic acids is 2. The van der Waals surface area contributed by atoms with Crippen LogP contribution in [0.3, 0.4) is 0 Å². The van der Waals surface area contributed by atoms with Gasteiger partial charge in [-0.05, 0) is 63.3 Å². The van der Waals surface area contributed by atoms with E-state index >= 15 is 0 Å². The third kappa shape index (κ3) is 5.94. The molecule has 0 aliphatic rings. The average Bonchev–Trinajstić information content (AvgIpc) is 2.99. The molecule has 140 valence electrons. The molecule has 4 nitrogen and oxygen atoms in total. The zero-order valence-corrected chi connectivity index (χ0v) is 17.0. The monoisotopic (exact) mass is 393 g/mol. The fourth-order valence-corrected chi connectivity index (χ4v) is 3.87. The summed E-state index contributed by atoms with van der Waals surface area (Å²) in [5.41, 5.74) is 1.78. The highest BCUT2D eigenvalue weighted by Gasteiger charge is 2.18. The van der Waals surface area contributed by atoms with Gasteiger partial charge in [0.25, 0.3) is 0 Å². The van der Waals surface area contributed by atoms with Gasteiger partial charge in [0.05, 0.1) is 17.9 Å². The second-order valence-electron chi connectivity index (χ2n) is 6.28. The van der Waals surface area contributed by atoms with Gasteiger partial charge in [0.15, 0.2) is 5.78 Å². The Morgan fingerprint density at radius 3 is 2.50 bits per heavy atom. The van der Waals surface area contributed by atoms with Crippen molar-refractivity contribution in [2.75, 3.05) is 27.2 Å². The summed E-state index contributed by atoms with van der Waals surface area (Å²) in [6.45, 7) is 3.00. The van der Waals surface area contributed by atoms with Crippen LogP contribution in [0, 0.1) is 0 Å². The predicted molar refractivity (Wildman–Crippen MR) is 107 cm³/mol. The Morgan fingerprint density at radius 2 is 1.88 bits per heavy atom. The number of esters is 1. The minimum Gasteiger partial charge on any atom is -0.466 e. The molecule has 0 bridgehead atoms. The van der Waals surface area contributed by atoms with Crippen LogP contribution in [0.5, 0.6) is 0 Å². The maximum Gasteiger partial charge on any atom is 0.310 e. The summed E-state index contributed by atoms with van der Waals surface area (Å²) < 4.78 is 5.07. The smallest absolute Gasteiger partial charge is 0.310 e. The summed E-state index contributed by atoms with van der Waals surface area (Å²) in [5.74, 6) is -0.172. The lowest BCUT2D eigenvalue weighted by atomic mass is 10.1. The van der Waals surface area contributed by atoms with E-state index in [-0.39, 0.29) is 18.2 Å². The molecule has 2 aromatic rings. The molecule has 1 heterocycles. The van der Waals surface area contributed by atoms with Crippen LogP contribution < -0.4 is 0 Å². The summed E-state index contributed by atoms with van der Waals surface area (Å²) in [5, 5.41) is 0.650. The molecule has 0 atom stereocenters. The van der Waals surface area contributed by atoms with E-state index in [1.807, 2.05) is 44.4 Å². The summed E-state index contributed by atoms with van der Waals surface area (Å²) in [6.07, 6.45) is 1.47. The number of carbonyl (C=O) groups is 2. The molecule has 6 heteroatoms. The van der Waals surface area contributed by atoms with Gasteiger partial charge in [-0.1, -0.05) is 23.7 Å². The van der Waals surface area contributed by atoms with Crippen molar-refractivity contribution in [1.82, 2.24) is 4.90 Å². The first-order chi connectivity index (χ1) is 12.4. The van der Waals surface area contributed by atoms with Crippen LogP contribution in [0.2, 0.25) is 5.02 Å². The predicted octanol–water partition coefficient (Wildman–Crippen LogP) is 4.70. The van der Waals surface area contributed by atoms with Gasteiger partial charge in [-0.25, -0.2) is 0 Å². The molecule has 1 aromatic carbocycles. The van der Waals surface area contributed by atoms with Crippen LogP contribution in [0.1, 0.15) is 35.0 Å². The number of hydrogen-bond donors (Lipinski definition) is 0. The zero-order chi connectivity index (χ0) is 19.1. The quantitative estimate of drug-likeness (QED) is 0.457. The second-order valence-corrected chi connectivity index (χ2v) is 7.77. The molecule has 2 rings (SSSR count). The van der Waals surface area contributed by atoms with E-state index in [2.05, 4.69) is 4.90 Å². The minimum absolute atomic E-state index is 0.113. The molecule has 0 saturated carbocycles. The fraction of sp³-hybridized carbons (Fsp3) is 0.400. The number of Topliss-reactive ketones (excluding diaryl/α,β-unsaturated/α-hetero) is 1. The Hall–Kier alpha value is -1.69. The van der Waals surface area contributed by atoms with E-state index in [1.54, 1.807) is 6.92 Å². The van der Waals surface area contributed by atoms with E-state index in [9.17, 15) is 9.59 Å². The van der Waals surface area contributed by atoms with Crippen molar-refractivity contribution >= 4 is 34.7 Å². The molecule has 0 spiro atoms. The highest BCUT2D eigenvalue weighted by atomic mass is 35.5. The molecule has 0 aliphatic heterocycles. The molecule has 0 amide bonds. The number of thiophene rings is 1. The number of nitrogens with zero attached hydrogens (tertiary/aromatic N) is 1. The van der Waals surface area contributed by atoms with Crippen molar-refractivity contribution in [2.45, 2.75) is 26.2 Å². The van der Waals surface area contributed by atoms with E-state index < -0.39 is 0 Å². The second kappa shape index (κ2) is 9.86. The van der Waals surface area contributed by atoms with Gasteiger partial charge in [0.1, 0.15) is 0 Å². The molecule has 1 aromatic heterocycles. The molecule has 0 N–H and O–H groups in total. The van der Waals surface area contributed by atoms with Crippen molar-refractivity contribution in [3.05, 3.63) is 45.8 Å². The van der Waals surface area contributed by atoms with Crippen LogP contribution in [0.4, 0.5) is 0 Å². The average molecular weight is 394 g/mol. The van der Waals surface area contributed by atoms with E-state index in [0.29, 0.717) is 22.9 Å². The van der Waals surface area contributed by atoms with E-state index in [0.717, 1.165) is 29.0 Å². The lowest BCUT2D eigenvalue weighted by molar-refractivity contribution is -0.142. The number of ketones is 1. The number of benzene rings is 1. The van der Waals surface area contributed by atoms with Crippen molar-refractivity contribution in [1.29, 1.82) is 0 Å². The third-order valence-electron chi connectivity index (χ3n) is 3.84. The SMILES string of the molecule is CCOC(=O)Cc1cc(C(=O)CCCN(C)C)sc1-c1ccc(Cl)cc1. The first kappa shape index (κ1) is 20.6. The Morgan fingerprint density at radius 1 is 1.19 bits per heavy atom. The highest BCUT2D eigenvalue weighted by Crippen LogP contribution is 2.34. The van der Waals surface area contributed by atoms with Crippen LogP contribution in [0.15, 0.2) is 30.3 Å². The number of ether oxygens (including phenoxy) is 1. The molecular weight excluding hydrogens is 370 g/mol. The molecule has 0 radical (unpaired) electrons. The Labute approximate surface area is 163 Å². The first-order valence-corrected chi connectivity index (χ1v) is 9.82. The molecule has 0 unspecified atom stereocenters. The van der Waals surface area contributed by atoms with Crippen molar-refractivity contribution in [3.8, 4) is 10.4 Å². The molecule has 0 saturated heterocycles. The van der Waals surface area contributed by atoms with Gasteiger partial charge < -0.3 is 9.64 Å². The summed E-state index contributed by atoms with van der Waals surface area (Å²) in [7, 11) is 3.98. The summed E-state index contributed by atoms with van der Waals surface area (Å²) in [4.78, 5) is 28.2. The summed E-state index contributed by atoms with van der Waals surface area (Å²) in [6, 6.07) is 9.27. The summed E-state index contributed by atoms with van der Waals surface area (Å²) >= 11 is 7.41. The van der Waals surface area contributed by atoms with Gasteiger partial charge in [-0.2, -0.15) is 0 Å². The van der Waals surface area contributed by atoms with Gasteiger partial charge in [-0.15, -0.1) is 11.3 Å². The van der Waals surface area contributed by atoms with Crippen molar-refractivity contribution in [2.24, 2.45) is 0 Å². The van der Waals surface area contributed by atoms with E-state index in [1.165, 1.54) is 11.3 Å². The largest absolute Gasteiger partial charge is 0.466 e. The third-order valence-corrected chi connectivity index (χ3v) is 5.36. The highest BCUT2D eigenvalue weighted by molar-refractivity contribution is 7.17. The minimum atomic E-state index is -0.285. The van der Waals surface area contributed by atoms with E-state index in [4.69, 9.17) is 16.3 Å². The number of hydrogen-bond acceptors (Lipinski definition) is 5. The zero-order valence-electron chi connectivity index (χ0n) is 15.4. The molecule has 0 fully saturated rings. The number of rotatable bonds is 9. The number of halogens is 1.